The monoisotopic (exact) mass is 225 g/mol. The Morgan fingerprint density at radius 2 is 2.53 bits per heavy atom. The van der Waals surface area contributed by atoms with Gasteiger partial charge in [0.25, 0.3) is 0 Å². The number of carbonyl (C=O) groups excluding carboxylic acids is 1. The van der Waals surface area contributed by atoms with Gasteiger partial charge in [-0.15, -0.1) is 0 Å². The van der Waals surface area contributed by atoms with Gasteiger partial charge in [-0.05, 0) is 37.3 Å². The van der Waals surface area contributed by atoms with Crippen LogP contribution < -0.4 is 5.32 Å². The molecule has 2 rings (SSSR count). The summed E-state index contributed by atoms with van der Waals surface area (Å²) < 4.78 is 5.03. The topological polar surface area (TPSA) is 38.3 Å². The van der Waals surface area contributed by atoms with Crippen molar-refractivity contribution >= 4 is 17.3 Å². The fourth-order valence-corrected chi connectivity index (χ4v) is 2.78. The standard InChI is InChI=1S/C11H15NO2S/c1-2-14-11(13)9-7-15-6-8(9)10-4-3-5-12-10/h6-7,10,12H,2-5H2,1H3. The first kappa shape index (κ1) is 10.6. The Morgan fingerprint density at radius 1 is 1.67 bits per heavy atom. The minimum Gasteiger partial charge on any atom is -0.462 e. The fourth-order valence-electron chi connectivity index (χ4n) is 1.90. The molecule has 15 heavy (non-hydrogen) atoms. The van der Waals surface area contributed by atoms with E-state index >= 15 is 0 Å². The summed E-state index contributed by atoms with van der Waals surface area (Å²) in [5, 5.41) is 7.33. The minimum atomic E-state index is -0.192. The first-order valence-electron chi connectivity index (χ1n) is 5.29. The highest BCUT2D eigenvalue weighted by molar-refractivity contribution is 7.08. The van der Waals surface area contributed by atoms with E-state index < -0.39 is 0 Å². The highest BCUT2D eigenvalue weighted by Gasteiger charge is 2.23. The summed E-state index contributed by atoms with van der Waals surface area (Å²) >= 11 is 1.57. The summed E-state index contributed by atoms with van der Waals surface area (Å²) in [5.41, 5.74) is 1.84. The van der Waals surface area contributed by atoms with E-state index in [9.17, 15) is 4.79 Å². The molecule has 4 heteroatoms. The van der Waals surface area contributed by atoms with Gasteiger partial charge < -0.3 is 10.1 Å². The summed E-state index contributed by atoms with van der Waals surface area (Å²) in [7, 11) is 0. The maximum absolute atomic E-state index is 11.6. The van der Waals surface area contributed by atoms with Crippen LogP contribution in [-0.4, -0.2) is 19.1 Å². The lowest BCUT2D eigenvalue weighted by molar-refractivity contribution is 0.0525. The molecule has 0 bridgehead atoms. The molecular weight excluding hydrogens is 210 g/mol. The van der Waals surface area contributed by atoms with E-state index in [1.807, 2.05) is 12.3 Å². The van der Waals surface area contributed by atoms with E-state index in [0.29, 0.717) is 12.6 Å². The van der Waals surface area contributed by atoms with Gasteiger partial charge in [-0.25, -0.2) is 4.79 Å². The second-order valence-electron chi connectivity index (χ2n) is 3.61. The van der Waals surface area contributed by atoms with E-state index in [2.05, 4.69) is 10.7 Å². The zero-order valence-electron chi connectivity index (χ0n) is 8.79. The Morgan fingerprint density at radius 3 is 3.20 bits per heavy atom. The smallest absolute Gasteiger partial charge is 0.339 e. The van der Waals surface area contributed by atoms with E-state index in [1.165, 1.54) is 6.42 Å². The van der Waals surface area contributed by atoms with Gasteiger partial charge in [0.2, 0.25) is 0 Å². The summed E-state index contributed by atoms with van der Waals surface area (Å²) in [6.07, 6.45) is 2.30. The molecule has 0 saturated carbocycles. The third-order valence-electron chi connectivity index (χ3n) is 2.62. The molecule has 1 aromatic rings. The summed E-state index contributed by atoms with van der Waals surface area (Å²) in [6.45, 7) is 3.31. The molecule has 1 saturated heterocycles. The number of carbonyl (C=O) groups is 1. The number of hydrogen-bond donors (Lipinski definition) is 1. The number of hydrogen-bond acceptors (Lipinski definition) is 4. The molecule has 2 heterocycles. The van der Waals surface area contributed by atoms with Crippen LogP contribution in [0.25, 0.3) is 0 Å². The van der Waals surface area contributed by atoms with Gasteiger partial charge in [-0.3, -0.25) is 0 Å². The van der Waals surface area contributed by atoms with Crippen molar-refractivity contribution in [3.8, 4) is 0 Å². The van der Waals surface area contributed by atoms with Crippen molar-refractivity contribution in [2.45, 2.75) is 25.8 Å². The third kappa shape index (κ3) is 2.21. The molecule has 1 unspecified atom stereocenters. The van der Waals surface area contributed by atoms with Gasteiger partial charge in [0, 0.05) is 11.4 Å². The molecule has 0 aliphatic carbocycles. The van der Waals surface area contributed by atoms with Crippen LogP contribution in [0.4, 0.5) is 0 Å². The second-order valence-corrected chi connectivity index (χ2v) is 4.35. The lowest BCUT2D eigenvalue weighted by Crippen LogP contribution is -2.16. The molecule has 1 aliphatic heterocycles. The predicted molar refractivity (Wildman–Crippen MR) is 60.3 cm³/mol. The number of esters is 1. The van der Waals surface area contributed by atoms with Crippen molar-refractivity contribution in [3.63, 3.8) is 0 Å². The van der Waals surface area contributed by atoms with Gasteiger partial charge in [0.15, 0.2) is 0 Å². The average molecular weight is 225 g/mol. The Balaban J connectivity index is 2.17. The van der Waals surface area contributed by atoms with Crippen molar-refractivity contribution in [2.24, 2.45) is 0 Å². The quantitative estimate of drug-likeness (QED) is 0.802. The van der Waals surface area contributed by atoms with Crippen LogP contribution in [0.15, 0.2) is 10.8 Å². The van der Waals surface area contributed by atoms with E-state index in [1.54, 1.807) is 11.3 Å². The summed E-state index contributed by atoms with van der Waals surface area (Å²) in [5.74, 6) is -0.192. The van der Waals surface area contributed by atoms with Crippen LogP contribution in [0.3, 0.4) is 0 Å². The zero-order valence-corrected chi connectivity index (χ0v) is 9.60. The molecule has 0 aromatic carbocycles. The molecule has 0 spiro atoms. The molecule has 1 N–H and O–H groups in total. The lowest BCUT2D eigenvalue weighted by atomic mass is 10.0. The number of rotatable bonds is 3. The van der Waals surface area contributed by atoms with Crippen molar-refractivity contribution < 1.29 is 9.53 Å². The van der Waals surface area contributed by atoms with Gasteiger partial charge >= 0.3 is 5.97 Å². The number of nitrogens with one attached hydrogen (secondary N) is 1. The Hall–Kier alpha value is -0.870. The van der Waals surface area contributed by atoms with Crippen molar-refractivity contribution in [2.75, 3.05) is 13.2 Å². The molecule has 1 aromatic heterocycles. The van der Waals surface area contributed by atoms with Gasteiger partial charge in [0.1, 0.15) is 0 Å². The minimum absolute atomic E-state index is 0.192. The van der Waals surface area contributed by atoms with Crippen molar-refractivity contribution in [1.29, 1.82) is 0 Å². The first-order valence-corrected chi connectivity index (χ1v) is 6.23. The van der Waals surface area contributed by atoms with Crippen LogP contribution >= 0.6 is 11.3 Å². The molecule has 0 radical (unpaired) electrons. The maximum atomic E-state index is 11.6. The molecular formula is C11H15NO2S. The highest BCUT2D eigenvalue weighted by Crippen LogP contribution is 2.29. The molecule has 82 valence electrons. The van der Waals surface area contributed by atoms with Gasteiger partial charge in [0.05, 0.1) is 12.2 Å². The van der Waals surface area contributed by atoms with Crippen LogP contribution in [0, 0.1) is 0 Å². The Kier molecular flexibility index (Phi) is 3.38. The second kappa shape index (κ2) is 4.77. The molecule has 1 atom stereocenters. The predicted octanol–water partition coefficient (Wildman–Crippen LogP) is 2.35. The van der Waals surface area contributed by atoms with Crippen molar-refractivity contribution in [1.82, 2.24) is 5.32 Å². The highest BCUT2D eigenvalue weighted by atomic mass is 32.1. The summed E-state index contributed by atoms with van der Waals surface area (Å²) in [6, 6.07) is 0.343. The largest absolute Gasteiger partial charge is 0.462 e. The maximum Gasteiger partial charge on any atom is 0.339 e. The molecule has 0 amide bonds. The number of thiophene rings is 1. The van der Waals surface area contributed by atoms with Crippen LogP contribution in [0.1, 0.15) is 41.7 Å². The zero-order chi connectivity index (χ0) is 10.7. The van der Waals surface area contributed by atoms with Gasteiger partial charge in [-0.1, -0.05) is 0 Å². The average Bonchev–Trinajstić information content (AvgIpc) is 2.88. The molecule has 3 nitrogen and oxygen atoms in total. The van der Waals surface area contributed by atoms with Crippen molar-refractivity contribution in [3.05, 3.63) is 21.9 Å². The molecule has 1 fully saturated rings. The fraction of sp³-hybridized carbons (Fsp3) is 0.545. The molecule has 1 aliphatic rings. The third-order valence-corrected chi connectivity index (χ3v) is 3.38. The van der Waals surface area contributed by atoms with Crippen LogP contribution in [-0.2, 0) is 4.74 Å². The summed E-state index contributed by atoms with van der Waals surface area (Å²) in [4.78, 5) is 11.6. The number of ether oxygens (including phenoxy) is 1. The first-order chi connectivity index (χ1) is 7.33. The van der Waals surface area contributed by atoms with Crippen LogP contribution in [0.2, 0.25) is 0 Å². The lowest BCUT2D eigenvalue weighted by Gasteiger charge is -2.10. The Labute approximate surface area is 93.4 Å². The normalized spacial score (nSPS) is 20.5. The SMILES string of the molecule is CCOC(=O)c1cscc1C1CCCN1. The van der Waals surface area contributed by atoms with E-state index in [-0.39, 0.29) is 5.97 Å². The van der Waals surface area contributed by atoms with Crippen LogP contribution in [0.5, 0.6) is 0 Å². The van der Waals surface area contributed by atoms with E-state index in [0.717, 1.165) is 24.1 Å². The van der Waals surface area contributed by atoms with E-state index in [4.69, 9.17) is 4.74 Å². The van der Waals surface area contributed by atoms with Gasteiger partial charge in [-0.2, -0.15) is 11.3 Å². The Bertz CT molecular complexity index is 342.